The lowest BCUT2D eigenvalue weighted by Crippen LogP contribution is -2.55. The van der Waals surface area contributed by atoms with Crippen LogP contribution in [0.1, 0.15) is 69.3 Å². The van der Waals surface area contributed by atoms with E-state index in [0.717, 1.165) is 31.5 Å². The molecule has 2 bridgehead atoms. The Kier molecular flexibility index (Phi) is 8.37. The van der Waals surface area contributed by atoms with Crippen LogP contribution in [0.3, 0.4) is 0 Å². The van der Waals surface area contributed by atoms with Gasteiger partial charge in [-0.05, 0) is 83.7 Å². The van der Waals surface area contributed by atoms with Crippen molar-refractivity contribution in [3.63, 3.8) is 0 Å². The first-order valence-corrected chi connectivity index (χ1v) is 13.5. The van der Waals surface area contributed by atoms with Gasteiger partial charge in [-0.3, -0.25) is 9.59 Å². The number of rotatable bonds is 9. The average molecular weight is 565 g/mol. The van der Waals surface area contributed by atoms with Crippen LogP contribution in [0.5, 0.6) is 5.75 Å². The number of piperidine rings is 1. The molecule has 2 saturated heterocycles. The van der Waals surface area contributed by atoms with Crippen LogP contribution in [0.15, 0.2) is 36.5 Å². The molecule has 2 aliphatic rings. The lowest BCUT2D eigenvalue weighted by atomic mass is 9.95. The van der Waals surface area contributed by atoms with Crippen molar-refractivity contribution in [2.24, 2.45) is 0 Å². The molecule has 2 aromatic rings. The minimum Gasteiger partial charge on any atom is -0.478 e. The van der Waals surface area contributed by atoms with Crippen molar-refractivity contribution in [3.8, 4) is 5.75 Å². The Labute approximate surface area is 232 Å². The Morgan fingerprint density at radius 2 is 1.82 bits per heavy atom. The van der Waals surface area contributed by atoms with E-state index in [2.05, 4.69) is 20.5 Å². The van der Waals surface area contributed by atoms with Crippen molar-refractivity contribution in [3.05, 3.63) is 52.7 Å². The number of fused-ring (bicyclic) bond motifs is 2. The smallest absolute Gasteiger partial charge is 0.263 e. The third-order valence-electron chi connectivity index (χ3n) is 7.27. The molecule has 1 aromatic heterocycles. The summed E-state index contributed by atoms with van der Waals surface area (Å²) in [6.45, 7) is 5.95. The second-order valence-electron chi connectivity index (χ2n) is 11.3. The molecule has 11 heteroatoms. The van der Waals surface area contributed by atoms with E-state index in [1.807, 2.05) is 0 Å². The van der Waals surface area contributed by atoms with Crippen molar-refractivity contribution in [1.29, 1.82) is 0 Å². The molecule has 4 rings (SSSR count). The third-order valence-corrected chi connectivity index (χ3v) is 7.51. The zero-order valence-electron chi connectivity index (χ0n) is 22.5. The monoisotopic (exact) mass is 564 g/mol. The lowest BCUT2D eigenvalue weighted by molar-refractivity contribution is -0.135. The third kappa shape index (κ3) is 6.78. The number of halogens is 3. The fourth-order valence-corrected chi connectivity index (χ4v) is 5.54. The molecule has 3 N–H and O–H groups in total. The van der Waals surface area contributed by atoms with Crippen LogP contribution >= 0.6 is 11.6 Å². The molecule has 0 aliphatic carbocycles. The number of aliphatic hydroxyl groups is 1. The fourth-order valence-electron chi connectivity index (χ4n) is 5.36. The second kappa shape index (κ2) is 11.3. The molecule has 3 atom stereocenters. The van der Waals surface area contributed by atoms with E-state index in [-0.39, 0.29) is 29.6 Å². The van der Waals surface area contributed by atoms with Gasteiger partial charge in [-0.2, -0.15) is 0 Å². The number of ether oxygens (including phenoxy) is 1. The molecular formula is C28H35ClF2N4O4. The molecule has 3 heterocycles. The lowest BCUT2D eigenvalue weighted by Gasteiger charge is -2.41. The average Bonchev–Trinajstić information content (AvgIpc) is 3.12. The van der Waals surface area contributed by atoms with E-state index >= 15 is 0 Å². The number of carbonyl (C=O) groups excluding carboxylic acids is 2. The van der Waals surface area contributed by atoms with Crippen LogP contribution in [0.25, 0.3) is 0 Å². The van der Waals surface area contributed by atoms with Crippen molar-refractivity contribution >= 4 is 29.2 Å². The molecule has 2 amide bonds. The molecule has 39 heavy (non-hydrogen) atoms. The molecule has 2 aliphatic heterocycles. The van der Waals surface area contributed by atoms with Crippen molar-refractivity contribution in [2.45, 2.75) is 89.1 Å². The highest BCUT2D eigenvalue weighted by molar-refractivity contribution is 6.30. The van der Waals surface area contributed by atoms with Gasteiger partial charge in [-0.1, -0.05) is 11.6 Å². The van der Waals surface area contributed by atoms with Gasteiger partial charge in [0.1, 0.15) is 11.6 Å². The van der Waals surface area contributed by atoms with Crippen LogP contribution in [0.2, 0.25) is 5.02 Å². The number of pyridine rings is 1. The summed E-state index contributed by atoms with van der Waals surface area (Å²) in [7, 11) is 0. The van der Waals surface area contributed by atoms with Gasteiger partial charge in [0.2, 0.25) is 0 Å². The summed E-state index contributed by atoms with van der Waals surface area (Å²) in [5, 5.41) is 16.4. The zero-order valence-corrected chi connectivity index (χ0v) is 23.3. The molecule has 212 valence electrons. The highest BCUT2D eigenvalue weighted by Crippen LogP contribution is 2.39. The highest BCUT2D eigenvalue weighted by Gasteiger charge is 2.43. The molecule has 8 nitrogen and oxygen atoms in total. The van der Waals surface area contributed by atoms with Crippen molar-refractivity contribution < 1.29 is 28.2 Å². The van der Waals surface area contributed by atoms with Crippen LogP contribution in [-0.2, 0) is 10.4 Å². The maximum absolute atomic E-state index is 13.3. The van der Waals surface area contributed by atoms with Crippen molar-refractivity contribution in [1.82, 2.24) is 15.6 Å². The van der Waals surface area contributed by atoms with Gasteiger partial charge in [0.15, 0.2) is 5.60 Å². The number of hydrogen-bond donors (Lipinski definition) is 3. The summed E-state index contributed by atoms with van der Waals surface area (Å²) in [6, 6.07) is 8.57. The van der Waals surface area contributed by atoms with E-state index < -0.39 is 30.1 Å². The molecular weight excluding hydrogens is 530 g/mol. The normalized spacial score (nSPS) is 21.2. The maximum Gasteiger partial charge on any atom is 0.263 e. The second-order valence-corrected chi connectivity index (χ2v) is 11.7. The number of benzene rings is 1. The van der Waals surface area contributed by atoms with Gasteiger partial charge in [-0.25, -0.2) is 13.8 Å². The Balaban J connectivity index is 1.38. The quantitative estimate of drug-likeness (QED) is 0.416. The van der Waals surface area contributed by atoms with Gasteiger partial charge < -0.3 is 25.4 Å². The van der Waals surface area contributed by atoms with Gasteiger partial charge >= 0.3 is 0 Å². The predicted molar refractivity (Wildman–Crippen MR) is 144 cm³/mol. The van der Waals surface area contributed by atoms with Gasteiger partial charge in [0.25, 0.3) is 18.2 Å². The van der Waals surface area contributed by atoms with Crippen LogP contribution in [0, 0.1) is 0 Å². The summed E-state index contributed by atoms with van der Waals surface area (Å²) in [5.74, 6) is 0.272. The Morgan fingerprint density at radius 3 is 2.38 bits per heavy atom. The molecule has 1 aromatic carbocycles. The molecule has 0 radical (unpaired) electrons. The summed E-state index contributed by atoms with van der Waals surface area (Å²) in [6.07, 6.45) is 2.16. The van der Waals surface area contributed by atoms with Crippen LogP contribution in [0.4, 0.5) is 14.6 Å². The summed E-state index contributed by atoms with van der Waals surface area (Å²) < 4.78 is 30.9. The molecule has 2 fully saturated rings. The number of nitrogens with one attached hydrogen (secondary N) is 2. The van der Waals surface area contributed by atoms with Gasteiger partial charge in [-0.15, -0.1) is 0 Å². The Bertz CT molecular complexity index is 1190. The number of anilines is 1. The summed E-state index contributed by atoms with van der Waals surface area (Å²) in [5.41, 5.74) is -1.69. The molecule has 0 saturated carbocycles. The first-order chi connectivity index (χ1) is 18.2. The Hall–Kier alpha value is -2.98. The zero-order chi connectivity index (χ0) is 28.5. The van der Waals surface area contributed by atoms with Crippen LogP contribution in [-0.4, -0.2) is 58.6 Å². The van der Waals surface area contributed by atoms with Crippen LogP contribution < -0.4 is 20.3 Å². The fraction of sp³-hybridized carbons (Fsp3) is 0.536. The number of aromatic nitrogens is 1. The largest absolute Gasteiger partial charge is 0.478 e. The highest BCUT2D eigenvalue weighted by atomic mass is 35.5. The number of amides is 2. The van der Waals surface area contributed by atoms with Gasteiger partial charge in [0.05, 0.1) is 17.7 Å². The summed E-state index contributed by atoms with van der Waals surface area (Å²) >= 11 is 6.12. The van der Waals surface area contributed by atoms with E-state index in [9.17, 15) is 23.5 Å². The Morgan fingerprint density at radius 1 is 1.15 bits per heavy atom. The van der Waals surface area contributed by atoms with E-state index in [1.54, 1.807) is 58.0 Å². The van der Waals surface area contributed by atoms with E-state index in [1.165, 1.54) is 6.20 Å². The number of nitrogens with zero attached hydrogens (tertiary/aromatic N) is 2. The molecule has 0 unspecified atom stereocenters. The minimum absolute atomic E-state index is 0.0486. The number of carbonyl (C=O) groups is 2. The molecule has 0 spiro atoms. The first-order valence-electron chi connectivity index (χ1n) is 13.1. The van der Waals surface area contributed by atoms with E-state index in [4.69, 9.17) is 16.3 Å². The topological polar surface area (TPSA) is 104 Å². The van der Waals surface area contributed by atoms with E-state index in [0.29, 0.717) is 16.3 Å². The number of alkyl halides is 2. The minimum atomic E-state index is -2.61. The summed E-state index contributed by atoms with van der Waals surface area (Å²) in [4.78, 5) is 32.0. The first kappa shape index (κ1) is 29.0. The van der Waals surface area contributed by atoms with Gasteiger partial charge in [0, 0.05) is 34.9 Å². The number of hydrogen-bond acceptors (Lipinski definition) is 6. The SMILES string of the molecule is CC(C)(Oc1ccc(Cl)cc1C(C)(C)O)C(=O)N[C@H]1C[C@H]2CC[C@@H](C1)N2c1ccc(C(=O)NCC(F)F)cn1. The maximum atomic E-state index is 13.3. The van der Waals surface area contributed by atoms with Crippen molar-refractivity contribution in [2.75, 3.05) is 11.4 Å². The standard InChI is InChI=1S/C28H35ClF2N4O4/c1-27(2,38)21-11-17(29)6-9-22(21)39-28(3,4)26(37)34-18-12-19-7-8-20(13-18)35(19)24-10-5-16(14-32-24)25(36)33-15-23(30)31/h5-6,9-11,14,18-20,23,38H,7-8,12-13,15H2,1-4H3,(H,33,36)(H,34,37)/t18-,19+,20-. The predicted octanol–water partition coefficient (Wildman–Crippen LogP) is 4.43.